The van der Waals surface area contributed by atoms with Crippen molar-refractivity contribution in [2.75, 3.05) is 0 Å². The molecule has 0 atom stereocenters. The molecule has 0 bridgehead atoms. The Morgan fingerprint density at radius 1 is 1.62 bits per heavy atom. The van der Waals surface area contributed by atoms with Gasteiger partial charge in [0.15, 0.2) is 5.34 Å². The van der Waals surface area contributed by atoms with Crippen molar-refractivity contribution in [3.8, 4) is 0 Å². The van der Waals surface area contributed by atoms with Gasteiger partial charge in [-0.25, -0.2) is 0 Å². The maximum absolute atomic E-state index is 8.36. The highest BCUT2D eigenvalue weighted by Crippen LogP contribution is 1.38. The Morgan fingerprint density at radius 3 is 1.62 bits per heavy atom. The molecule has 0 aromatic rings. The molecule has 0 spiro atoms. The summed E-state index contributed by atoms with van der Waals surface area (Å²) in [7, 11) is 0. The van der Waals surface area contributed by atoms with E-state index in [4.69, 9.17) is 25.4 Å². The van der Waals surface area contributed by atoms with E-state index >= 15 is 0 Å². The minimum Gasteiger partial charge on any atom is -0.379 e. The molecule has 0 aliphatic heterocycles. The predicted molar refractivity (Wildman–Crippen MR) is 23.6 cm³/mol. The molecule has 0 aromatic carbocycles. The van der Waals surface area contributed by atoms with Gasteiger partial charge in [0.25, 0.3) is 5.09 Å². The number of halogens is 1. The van der Waals surface area contributed by atoms with Gasteiger partial charge in [-0.3, -0.25) is 0 Å². The highest BCUT2D eigenvalue weighted by atomic mass is 35.5. The van der Waals surface area contributed by atoms with Gasteiger partial charge in [-0.05, 0) is 0 Å². The Bertz CT molecular complexity index is 57.4. The van der Waals surface area contributed by atoms with Gasteiger partial charge in [0.05, 0.1) is 0 Å². The van der Waals surface area contributed by atoms with Crippen LogP contribution < -0.4 is 0 Å². The lowest BCUT2D eigenvalue weighted by Gasteiger charge is -1.56. The summed E-state index contributed by atoms with van der Waals surface area (Å²) in [4.78, 5) is 16.5. The smallest absolute Gasteiger partial charge is 0.291 e. The lowest BCUT2D eigenvalue weighted by molar-refractivity contribution is -0.742. The van der Waals surface area contributed by atoms with Gasteiger partial charge in [0, 0.05) is 0 Å². The Hall–Kier alpha value is -1.11. The molecule has 8 heavy (non-hydrogen) atoms. The van der Waals surface area contributed by atoms with Crippen LogP contribution in [0.15, 0.2) is 5.34 Å². The van der Waals surface area contributed by atoms with Gasteiger partial charge in [-0.1, -0.05) is 0 Å². The zero-order valence-corrected chi connectivity index (χ0v) is 4.24. The van der Waals surface area contributed by atoms with Crippen molar-refractivity contribution in [1.82, 2.24) is 0 Å². The zero-order valence-electron chi connectivity index (χ0n) is 3.42. The average molecular weight is 146 g/mol. The van der Waals surface area contributed by atoms with Crippen molar-refractivity contribution in [2.24, 2.45) is 5.34 Å². The summed E-state index contributed by atoms with van der Waals surface area (Å²) < 4.78 is 0. The summed E-state index contributed by atoms with van der Waals surface area (Å²) in [5.41, 5.74) is 0. The maximum Gasteiger partial charge on any atom is 0.291 e. The van der Waals surface area contributed by atoms with Crippen LogP contribution in [-0.4, -0.2) is 15.5 Å². The second-order valence-electron chi connectivity index (χ2n) is 0.319. The third kappa shape index (κ3) is 60.1. The fourth-order valence-corrected chi connectivity index (χ4v) is 0. The molecular formula is H3ClN2O5. The third-order valence-electron chi connectivity index (χ3n) is 0. The fourth-order valence-electron chi connectivity index (χ4n) is 0. The summed E-state index contributed by atoms with van der Waals surface area (Å²) in [6, 6.07) is 0. The Kier molecular flexibility index (Phi) is 33.3. The topological polar surface area (TPSA) is 113 Å². The summed E-state index contributed by atoms with van der Waals surface area (Å²) in [5, 5.41) is 21.5. The summed E-state index contributed by atoms with van der Waals surface area (Å²) in [6.45, 7) is 0. The van der Waals surface area contributed by atoms with Crippen molar-refractivity contribution >= 4 is 12.4 Å². The van der Waals surface area contributed by atoms with Crippen LogP contribution in [0.25, 0.3) is 0 Å². The van der Waals surface area contributed by atoms with Crippen LogP contribution in [0.5, 0.6) is 0 Å². The minimum absolute atomic E-state index is 0. The van der Waals surface area contributed by atoms with E-state index in [1.165, 1.54) is 5.34 Å². The van der Waals surface area contributed by atoms with Crippen LogP contribution in [0.3, 0.4) is 0 Å². The van der Waals surface area contributed by atoms with Gasteiger partial charge < -0.3 is 10.4 Å². The highest BCUT2D eigenvalue weighted by Gasteiger charge is 1.65. The van der Waals surface area contributed by atoms with E-state index in [9.17, 15) is 0 Å². The molecule has 0 aliphatic carbocycles. The van der Waals surface area contributed by atoms with Gasteiger partial charge >= 0.3 is 0 Å². The molecule has 0 fully saturated rings. The lowest BCUT2D eigenvalue weighted by Crippen LogP contribution is -1.81. The first-order valence-corrected chi connectivity index (χ1v) is 0.948. The molecule has 0 unspecified atom stereocenters. The molecule has 50 valence electrons. The molecule has 0 aromatic heterocycles. The van der Waals surface area contributed by atoms with E-state index in [-0.39, 0.29) is 12.4 Å². The predicted octanol–water partition coefficient (Wildman–Crippen LogP) is 0.216. The van der Waals surface area contributed by atoms with E-state index in [2.05, 4.69) is 0 Å². The molecule has 0 heterocycles. The minimum atomic E-state index is -1.50. The van der Waals surface area contributed by atoms with Crippen molar-refractivity contribution in [3.05, 3.63) is 15.0 Å². The van der Waals surface area contributed by atoms with E-state index in [0.29, 0.717) is 0 Å². The molecule has 0 radical (unpaired) electrons. The van der Waals surface area contributed by atoms with Crippen LogP contribution in [0.2, 0.25) is 0 Å². The first-order valence-electron chi connectivity index (χ1n) is 0.948. The van der Waals surface area contributed by atoms with E-state index < -0.39 is 5.09 Å². The molecule has 0 saturated carbocycles. The molecular weight excluding hydrogens is 143 g/mol. The van der Waals surface area contributed by atoms with E-state index in [0.717, 1.165) is 0 Å². The number of nitrogens with zero attached hydrogens (tertiary/aromatic N) is 2. The van der Waals surface area contributed by atoms with E-state index in [1.807, 2.05) is 0 Å². The SMILES string of the molecule is Cl.O=NO.O=[N+]([O-])O. The molecule has 7 nitrogen and oxygen atoms in total. The van der Waals surface area contributed by atoms with Crippen LogP contribution >= 0.6 is 12.4 Å². The van der Waals surface area contributed by atoms with Crippen molar-refractivity contribution in [1.29, 1.82) is 0 Å². The van der Waals surface area contributed by atoms with Crippen LogP contribution in [0.1, 0.15) is 0 Å². The maximum atomic E-state index is 8.36. The van der Waals surface area contributed by atoms with E-state index in [1.54, 1.807) is 0 Å². The molecule has 0 aliphatic rings. The van der Waals surface area contributed by atoms with Crippen LogP contribution in [-0.2, 0) is 0 Å². The number of hydrogen-bond donors (Lipinski definition) is 2. The quantitative estimate of drug-likeness (QED) is 0.288. The van der Waals surface area contributed by atoms with Gasteiger partial charge in [0.2, 0.25) is 0 Å². The normalized spacial score (nSPS) is 4.50. The van der Waals surface area contributed by atoms with Gasteiger partial charge in [-0.2, -0.15) is 0 Å². The standard InChI is InChI=1S/ClH.HNO3.HNO2/c;2-1(3)4;2-1-3/h1H;(H,2,3,4);(H,2,3). The summed E-state index contributed by atoms with van der Waals surface area (Å²) >= 11 is 0. The molecule has 0 rings (SSSR count). The second-order valence-corrected chi connectivity index (χ2v) is 0.319. The number of hydrogen-bond acceptors (Lipinski definition) is 4. The summed E-state index contributed by atoms with van der Waals surface area (Å²) in [6.07, 6.45) is 0. The van der Waals surface area contributed by atoms with Gasteiger partial charge in [0.1, 0.15) is 0 Å². The Balaban J connectivity index is -0.0000000575. The third-order valence-corrected chi connectivity index (χ3v) is 0. The van der Waals surface area contributed by atoms with Crippen LogP contribution in [0.4, 0.5) is 0 Å². The average Bonchev–Trinajstić information content (AvgIpc) is 1.33. The first kappa shape index (κ1) is 15.8. The monoisotopic (exact) mass is 146 g/mol. The number of rotatable bonds is 0. The Labute approximate surface area is 49.4 Å². The fraction of sp³-hybridized carbons (Fsp3) is 0. The van der Waals surface area contributed by atoms with Crippen LogP contribution in [0, 0.1) is 15.0 Å². The Morgan fingerprint density at radius 2 is 1.62 bits per heavy atom. The molecule has 2 N–H and O–H groups in total. The van der Waals surface area contributed by atoms with Crippen molar-refractivity contribution in [3.63, 3.8) is 0 Å². The molecule has 8 heteroatoms. The molecule has 0 saturated heterocycles. The van der Waals surface area contributed by atoms with Crippen molar-refractivity contribution in [2.45, 2.75) is 0 Å². The zero-order chi connectivity index (χ0) is 6.28. The van der Waals surface area contributed by atoms with Crippen molar-refractivity contribution < 1.29 is 15.5 Å². The van der Waals surface area contributed by atoms with Gasteiger partial charge in [-0.15, -0.1) is 27.4 Å². The second kappa shape index (κ2) is 16.9. The largest absolute Gasteiger partial charge is 0.379 e. The first-order chi connectivity index (χ1) is 3.15. The lowest BCUT2D eigenvalue weighted by atomic mass is 13.1. The molecule has 0 amide bonds. The highest BCUT2D eigenvalue weighted by molar-refractivity contribution is 5.85. The summed E-state index contributed by atoms with van der Waals surface area (Å²) in [5.74, 6) is 0.